The first kappa shape index (κ1) is 20.5. The molecular formula is C18H18F5N3O. The predicted molar refractivity (Wildman–Crippen MR) is 91.4 cm³/mol. The molecule has 0 aromatic heterocycles. The van der Waals surface area contributed by atoms with Crippen molar-refractivity contribution in [1.29, 1.82) is 0 Å². The van der Waals surface area contributed by atoms with Crippen LogP contribution in [0.25, 0.3) is 0 Å². The van der Waals surface area contributed by atoms with Gasteiger partial charge in [0.25, 0.3) is 0 Å². The van der Waals surface area contributed by atoms with Crippen molar-refractivity contribution in [2.75, 3.05) is 14.2 Å². The molecular weight excluding hydrogens is 369 g/mol. The van der Waals surface area contributed by atoms with Crippen molar-refractivity contribution < 1.29 is 26.7 Å². The van der Waals surface area contributed by atoms with E-state index < -0.39 is 23.4 Å². The number of ether oxygens (including phenoxy) is 1. The number of aliphatic imine (C=N–C) groups is 1. The smallest absolute Gasteiger partial charge is 0.416 e. The Morgan fingerprint density at radius 3 is 2.33 bits per heavy atom. The Morgan fingerprint density at radius 1 is 1.04 bits per heavy atom. The first-order valence-electron chi connectivity index (χ1n) is 7.87. The molecule has 146 valence electrons. The molecule has 0 amide bonds. The van der Waals surface area contributed by atoms with Gasteiger partial charge >= 0.3 is 6.18 Å². The molecule has 0 aliphatic rings. The van der Waals surface area contributed by atoms with Gasteiger partial charge in [0.2, 0.25) is 0 Å². The average molecular weight is 387 g/mol. The van der Waals surface area contributed by atoms with Crippen LogP contribution in [0.2, 0.25) is 0 Å². The number of benzene rings is 2. The van der Waals surface area contributed by atoms with E-state index in [0.29, 0.717) is 11.6 Å². The first-order chi connectivity index (χ1) is 12.7. The molecule has 0 fully saturated rings. The average Bonchev–Trinajstić information content (AvgIpc) is 2.62. The predicted octanol–water partition coefficient (Wildman–Crippen LogP) is 3.86. The van der Waals surface area contributed by atoms with Gasteiger partial charge in [0.1, 0.15) is 5.82 Å². The molecule has 2 aromatic rings. The molecule has 0 saturated heterocycles. The van der Waals surface area contributed by atoms with Crippen LogP contribution in [0.15, 0.2) is 41.4 Å². The van der Waals surface area contributed by atoms with E-state index in [9.17, 15) is 22.0 Å². The fourth-order valence-electron chi connectivity index (χ4n) is 2.37. The minimum atomic E-state index is -4.67. The minimum absolute atomic E-state index is 0.109. The standard InChI is InChI=1S/C18H18F5N3O/c1-24-17(25-9-11-3-6-16(27-2)15(20)7-11)26-10-12-4-5-13(19)8-14(12)18(21,22)23/h3-8H,9-10H2,1-2H3,(H2,24,25,26). The Morgan fingerprint density at radius 2 is 1.74 bits per heavy atom. The van der Waals surface area contributed by atoms with Crippen molar-refractivity contribution in [3.05, 3.63) is 64.7 Å². The SMILES string of the molecule is CN=C(NCc1ccc(OC)c(F)c1)NCc1ccc(F)cc1C(F)(F)F. The third kappa shape index (κ3) is 5.57. The number of hydrogen-bond donors (Lipinski definition) is 2. The fourth-order valence-corrected chi connectivity index (χ4v) is 2.37. The first-order valence-corrected chi connectivity index (χ1v) is 7.87. The number of nitrogens with zero attached hydrogens (tertiary/aromatic N) is 1. The van der Waals surface area contributed by atoms with Gasteiger partial charge in [-0.3, -0.25) is 4.99 Å². The Bertz CT molecular complexity index is 821. The molecule has 2 rings (SSSR count). The molecule has 27 heavy (non-hydrogen) atoms. The van der Waals surface area contributed by atoms with Crippen molar-refractivity contribution in [3.63, 3.8) is 0 Å². The maximum absolute atomic E-state index is 13.7. The van der Waals surface area contributed by atoms with Gasteiger partial charge in [0.15, 0.2) is 17.5 Å². The van der Waals surface area contributed by atoms with E-state index in [1.165, 1.54) is 26.3 Å². The molecule has 9 heteroatoms. The lowest BCUT2D eigenvalue weighted by atomic mass is 10.1. The van der Waals surface area contributed by atoms with Crippen LogP contribution in [0.1, 0.15) is 16.7 Å². The number of rotatable bonds is 5. The van der Waals surface area contributed by atoms with Crippen molar-refractivity contribution in [2.24, 2.45) is 4.99 Å². The van der Waals surface area contributed by atoms with E-state index in [1.807, 2.05) is 0 Å². The molecule has 0 aliphatic carbocycles. The zero-order valence-electron chi connectivity index (χ0n) is 14.6. The van der Waals surface area contributed by atoms with Crippen LogP contribution in [-0.4, -0.2) is 20.1 Å². The molecule has 2 N–H and O–H groups in total. The summed E-state index contributed by atoms with van der Waals surface area (Å²) in [6, 6.07) is 6.87. The van der Waals surface area contributed by atoms with E-state index >= 15 is 0 Å². The van der Waals surface area contributed by atoms with Gasteiger partial charge in [0, 0.05) is 20.1 Å². The van der Waals surface area contributed by atoms with Crippen molar-refractivity contribution in [2.45, 2.75) is 19.3 Å². The van der Waals surface area contributed by atoms with Crippen molar-refractivity contribution >= 4 is 5.96 Å². The molecule has 0 aliphatic heterocycles. The summed E-state index contributed by atoms with van der Waals surface area (Å²) in [6.07, 6.45) is -4.67. The second-order valence-electron chi connectivity index (χ2n) is 5.55. The normalized spacial score (nSPS) is 12.0. The van der Waals surface area contributed by atoms with Crippen molar-refractivity contribution in [1.82, 2.24) is 10.6 Å². The Labute approximate surface area is 153 Å². The quantitative estimate of drug-likeness (QED) is 0.465. The van der Waals surface area contributed by atoms with Crippen LogP contribution in [0, 0.1) is 11.6 Å². The van der Waals surface area contributed by atoms with Gasteiger partial charge in [-0.1, -0.05) is 12.1 Å². The fraction of sp³-hybridized carbons (Fsp3) is 0.278. The van der Waals surface area contributed by atoms with Crippen LogP contribution in [0.4, 0.5) is 22.0 Å². The highest BCUT2D eigenvalue weighted by Crippen LogP contribution is 2.32. The lowest BCUT2D eigenvalue weighted by Gasteiger charge is -2.16. The molecule has 0 unspecified atom stereocenters. The topological polar surface area (TPSA) is 45.7 Å². The summed E-state index contributed by atoms with van der Waals surface area (Å²) >= 11 is 0. The largest absolute Gasteiger partial charge is 0.494 e. The molecule has 0 radical (unpaired) electrons. The number of methoxy groups -OCH3 is 1. The number of guanidine groups is 1. The summed E-state index contributed by atoms with van der Waals surface area (Å²) in [5, 5.41) is 5.59. The van der Waals surface area contributed by atoms with Crippen LogP contribution in [-0.2, 0) is 19.3 Å². The summed E-state index contributed by atoms with van der Waals surface area (Å²) in [5.74, 6) is -1.17. The summed E-state index contributed by atoms with van der Waals surface area (Å²) < 4.78 is 70.7. The van der Waals surface area contributed by atoms with Crippen LogP contribution in [0.5, 0.6) is 5.75 Å². The van der Waals surface area contributed by atoms with E-state index in [-0.39, 0.29) is 30.4 Å². The minimum Gasteiger partial charge on any atom is -0.494 e. The molecule has 0 atom stereocenters. The lowest BCUT2D eigenvalue weighted by molar-refractivity contribution is -0.138. The summed E-state index contributed by atoms with van der Waals surface area (Å²) in [5.41, 5.74) is -0.584. The highest BCUT2D eigenvalue weighted by molar-refractivity contribution is 5.79. The molecule has 0 heterocycles. The van der Waals surface area contributed by atoms with Gasteiger partial charge in [-0.05, 0) is 35.4 Å². The Balaban J connectivity index is 2.02. The van der Waals surface area contributed by atoms with Gasteiger partial charge in [-0.15, -0.1) is 0 Å². The number of alkyl halides is 3. The van der Waals surface area contributed by atoms with Crippen LogP contribution >= 0.6 is 0 Å². The lowest BCUT2D eigenvalue weighted by Crippen LogP contribution is -2.36. The maximum Gasteiger partial charge on any atom is 0.416 e. The molecule has 0 bridgehead atoms. The van der Waals surface area contributed by atoms with Gasteiger partial charge in [-0.25, -0.2) is 8.78 Å². The monoisotopic (exact) mass is 387 g/mol. The molecule has 0 saturated carbocycles. The van der Waals surface area contributed by atoms with Gasteiger partial charge < -0.3 is 15.4 Å². The van der Waals surface area contributed by atoms with E-state index in [2.05, 4.69) is 15.6 Å². The highest BCUT2D eigenvalue weighted by atomic mass is 19.4. The number of halogens is 5. The highest BCUT2D eigenvalue weighted by Gasteiger charge is 2.33. The molecule has 4 nitrogen and oxygen atoms in total. The van der Waals surface area contributed by atoms with E-state index in [4.69, 9.17) is 4.74 Å². The second kappa shape index (κ2) is 8.70. The van der Waals surface area contributed by atoms with E-state index in [0.717, 1.165) is 12.1 Å². The van der Waals surface area contributed by atoms with Gasteiger partial charge in [-0.2, -0.15) is 13.2 Å². The Kier molecular flexibility index (Phi) is 6.59. The number of nitrogens with one attached hydrogen (secondary N) is 2. The zero-order chi connectivity index (χ0) is 20.0. The summed E-state index contributed by atoms with van der Waals surface area (Å²) in [7, 11) is 2.80. The van der Waals surface area contributed by atoms with E-state index in [1.54, 1.807) is 6.07 Å². The Hall–Kier alpha value is -2.84. The van der Waals surface area contributed by atoms with Gasteiger partial charge in [0.05, 0.1) is 12.7 Å². The molecule has 2 aromatic carbocycles. The molecule has 0 spiro atoms. The second-order valence-corrected chi connectivity index (χ2v) is 5.55. The van der Waals surface area contributed by atoms with Crippen LogP contribution < -0.4 is 15.4 Å². The maximum atomic E-state index is 13.7. The third-order valence-electron chi connectivity index (χ3n) is 3.72. The van der Waals surface area contributed by atoms with Crippen LogP contribution in [0.3, 0.4) is 0 Å². The summed E-state index contributed by atoms with van der Waals surface area (Å²) in [6.45, 7) is -0.0259. The third-order valence-corrected chi connectivity index (χ3v) is 3.72. The zero-order valence-corrected chi connectivity index (χ0v) is 14.6. The summed E-state index contributed by atoms with van der Waals surface area (Å²) in [4.78, 5) is 3.90. The van der Waals surface area contributed by atoms with Crippen molar-refractivity contribution in [3.8, 4) is 5.75 Å². The number of hydrogen-bond acceptors (Lipinski definition) is 2.